The predicted molar refractivity (Wildman–Crippen MR) is 73.2 cm³/mol. The molecule has 1 aliphatic rings. The fraction of sp³-hybridized carbons (Fsp3) is 1.00. The standard InChI is InChI=1S/C8H20N4.ClH.4H2O/c1-2-10-5-6-12-8-7-11-4-3-9-1;;;;;/h9-12H,1-8H2;1H;4*1H2. The number of hydrogen-bond acceptors (Lipinski definition) is 4. The molecule has 9 heteroatoms. The summed E-state index contributed by atoms with van der Waals surface area (Å²) in [5.41, 5.74) is 0. The highest BCUT2D eigenvalue weighted by molar-refractivity contribution is 5.85. The van der Waals surface area contributed by atoms with E-state index in [9.17, 15) is 0 Å². The van der Waals surface area contributed by atoms with Crippen LogP contribution in [0.5, 0.6) is 0 Å². The van der Waals surface area contributed by atoms with E-state index in [2.05, 4.69) is 21.3 Å². The van der Waals surface area contributed by atoms with E-state index in [0.717, 1.165) is 52.4 Å². The zero-order valence-electron chi connectivity index (χ0n) is 10.1. The van der Waals surface area contributed by atoms with E-state index in [0.29, 0.717) is 0 Å². The molecule has 17 heavy (non-hydrogen) atoms. The van der Waals surface area contributed by atoms with Crippen LogP contribution < -0.4 is 21.3 Å². The molecule has 0 spiro atoms. The largest absolute Gasteiger partial charge is 0.412 e. The topological polar surface area (TPSA) is 174 Å². The molecule has 1 heterocycles. The van der Waals surface area contributed by atoms with Crippen molar-refractivity contribution in [2.75, 3.05) is 52.4 Å². The van der Waals surface area contributed by atoms with E-state index in [1.54, 1.807) is 0 Å². The Morgan fingerprint density at radius 3 is 0.588 bits per heavy atom. The molecular weight excluding hydrogens is 252 g/mol. The van der Waals surface area contributed by atoms with Gasteiger partial charge in [-0.25, -0.2) is 0 Å². The van der Waals surface area contributed by atoms with Crippen LogP contribution in [0.1, 0.15) is 0 Å². The molecule has 0 bridgehead atoms. The van der Waals surface area contributed by atoms with Crippen molar-refractivity contribution in [3.05, 3.63) is 0 Å². The summed E-state index contributed by atoms with van der Waals surface area (Å²) in [4.78, 5) is 0. The lowest BCUT2D eigenvalue weighted by atomic mass is 10.4. The maximum absolute atomic E-state index is 3.36. The van der Waals surface area contributed by atoms with Crippen LogP contribution in [0.15, 0.2) is 0 Å². The highest BCUT2D eigenvalue weighted by atomic mass is 35.5. The molecule has 0 radical (unpaired) electrons. The number of hydrogen-bond donors (Lipinski definition) is 4. The molecule has 0 aromatic heterocycles. The van der Waals surface area contributed by atoms with Gasteiger partial charge in [-0.1, -0.05) is 0 Å². The van der Waals surface area contributed by atoms with Gasteiger partial charge in [0.2, 0.25) is 0 Å². The molecule has 0 aromatic rings. The summed E-state index contributed by atoms with van der Waals surface area (Å²) in [7, 11) is 0. The van der Waals surface area contributed by atoms with Crippen LogP contribution in [0, 0.1) is 0 Å². The first-order valence-electron chi connectivity index (χ1n) is 4.83. The van der Waals surface area contributed by atoms with Gasteiger partial charge in [0.25, 0.3) is 0 Å². The highest BCUT2D eigenvalue weighted by Crippen LogP contribution is 1.65. The highest BCUT2D eigenvalue weighted by Gasteiger charge is 1.92. The van der Waals surface area contributed by atoms with E-state index in [-0.39, 0.29) is 34.3 Å². The molecule has 0 amide bonds. The summed E-state index contributed by atoms with van der Waals surface area (Å²) in [5.74, 6) is 0. The summed E-state index contributed by atoms with van der Waals surface area (Å²) in [6.07, 6.45) is 0. The summed E-state index contributed by atoms with van der Waals surface area (Å²) in [5, 5.41) is 13.4. The third-order valence-corrected chi connectivity index (χ3v) is 1.91. The third kappa shape index (κ3) is 21.8. The van der Waals surface area contributed by atoms with Crippen molar-refractivity contribution in [3.8, 4) is 0 Å². The fourth-order valence-corrected chi connectivity index (χ4v) is 1.21. The third-order valence-electron chi connectivity index (χ3n) is 1.91. The van der Waals surface area contributed by atoms with Gasteiger partial charge in [-0.2, -0.15) is 0 Å². The first kappa shape index (κ1) is 30.2. The zero-order valence-corrected chi connectivity index (χ0v) is 10.9. The van der Waals surface area contributed by atoms with E-state index < -0.39 is 0 Å². The van der Waals surface area contributed by atoms with E-state index in [1.165, 1.54) is 0 Å². The smallest absolute Gasteiger partial charge is 0.00772 e. The minimum absolute atomic E-state index is 0. The Hall–Kier alpha value is -0.0300. The van der Waals surface area contributed by atoms with Gasteiger partial charge in [-0.15, -0.1) is 12.4 Å². The number of nitrogens with one attached hydrogen (secondary N) is 4. The SMILES string of the molecule is C1CNCCNCCNCCN1.Cl.O.O.O.O. The average Bonchev–Trinajstić information content (AvgIpc) is 2.05. The Labute approximate surface area is 109 Å². The summed E-state index contributed by atoms with van der Waals surface area (Å²) in [6.45, 7) is 8.57. The van der Waals surface area contributed by atoms with Gasteiger partial charge in [-0.3, -0.25) is 0 Å². The van der Waals surface area contributed by atoms with Gasteiger partial charge < -0.3 is 43.2 Å². The summed E-state index contributed by atoms with van der Waals surface area (Å²) in [6, 6.07) is 0. The zero-order chi connectivity index (χ0) is 8.49. The minimum atomic E-state index is 0. The molecule has 0 atom stereocenters. The number of rotatable bonds is 0. The van der Waals surface area contributed by atoms with Crippen LogP contribution >= 0.6 is 12.4 Å². The van der Waals surface area contributed by atoms with Crippen LogP contribution in [0.4, 0.5) is 0 Å². The molecule has 0 saturated carbocycles. The van der Waals surface area contributed by atoms with Crippen molar-refractivity contribution >= 4 is 12.4 Å². The van der Waals surface area contributed by atoms with Crippen molar-refractivity contribution in [2.45, 2.75) is 0 Å². The lowest BCUT2D eigenvalue weighted by Gasteiger charge is -2.11. The predicted octanol–water partition coefficient (Wildman–Crippen LogP) is -4.52. The molecule has 0 aromatic carbocycles. The van der Waals surface area contributed by atoms with Crippen LogP contribution in [0.25, 0.3) is 0 Å². The van der Waals surface area contributed by atoms with Crippen LogP contribution in [0.2, 0.25) is 0 Å². The Balaban J connectivity index is -0.0000000960. The quantitative estimate of drug-likeness (QED) is 0.350. The van der Waals surface area contributed by atoms with E-state index in [1.807, 2.05) is 0 Å². The van der Waals surface area contributed by atoms with Crippen molar-refractivity contribution in [3.63, 3.8) is 0 Å². The first-order chi connectivity index (χ1) is 6.00. The van der Waals surface area contributed by atoms with Gasteiger partial charge in [0.15, 0.2) is 0 Å². The van der Waals surface area contributed by atoms with Crippen LogP contribution in [0.3, 0.4) is 0 Å². The Kier molecular flexibility index (Phi) is 44.4. The van der Waals surface area contributed by atoms with Gasteiger partial charge in [0, 0.05) is 52.4 Å². The summed E-state index contributed by atoms with van der Waals surface area (Å²) >= 11 is 0. The van der Waals surface area contributed by atoms with Crippen molar-refractivity contribution in [2.24, 2.45) is 0 Å². The molecule has 8 nitrogen and oxygen atoms in total. The molecule has 1 rings (SSSR count). The van der Waals surface area contributed by atoms with Gasteiger partial charge in [0.05, 0.1) is 0 Å². The Morgan fingerprint density at radius 1 is 0.353 bits per heavy atom. The average molecular weight is 281 g/mol. The summed E-state index contributed by atoms with van der Waals surface area (Å²) < 4.78 is 0. The van der Waals surface area contributed by atoms with Gasteiger partial charge in [0.1, 0.15) is 0 Å². The molecule has 1 aliphatic heterocycles. The normalized spacial score (nSPS) is 16.9. The maximum Gasteiger partial charge on any atom is 0.00772 e. The van der Waals surface area contributed by atoms with E-state index in [4.69, 9.17) is 0 Å². The second-order valence-corrected chi connectivity index (χ2v) is 3.00. The fourth-order valence-electron chi connectivity index (χ4n) is 1.21. The second kappa shape index (κ2) is 25.0. The molecular formula is C8H29ClN4O4. The molecule has 12 N–H and O–H groups in total. The monoisotopic (exact) mass is 280 g/mol. The minimum Gasteiger partial charge on any atom is -0.412 e. The van der Waals surface area contributed by atoms with Gasteiger partial charge >= 0.3 is 0 Å². The molecule has 112 valence electrons. The van der Waals surface area contributed by atoms with E-state index >= 15 is 0 Å². The lowest BCUT2D eigenvalue weighted by molar-refractivity contribution is 0.534. The Morgan fingerprint density at radius 2 is 0.471 bits per heavy atom. The first-order valence-corrected chi connectivity index (χ1v) is 4.83. The molecule has 1 saturated heterocycles. The Bertz CT molecular complexity index is 72.5. The lowest BCUT2D eigenvalue weighted by Crippen LogP contribution is -2.39. The van der Waals surface area contributed by atoms with Crippen LogP contribution in [-0.4, -0.2) is 74.3 Å². The second-order valence-electron chi connectivity index (χ2n) is 3.00. The van der Waals surface area contributed by atoms with Crippen LogP contribution in [-0.2, 0) is 0 Å². The van der Waals surface area contributed by atoms with Crippen molar-refractivity contribution in [1.29, 1.82) is 0 Å². The molecule has 1 fully saturated rings. The maximum atomic E-state index is 3.36. The number of halogens is 1. The van der Waals surface area contributed by atoms with Gasteiger partial charge in [-0.05, 0) is 0 Å². The molecule has 0 aliphatic carbocycles. The van der Waals surface area contributed by atoms with Crippen molar-refractivity contribution in [1.82, 2.24) is 21.3 Å². The van der Waals surface area contributed by atoms with Crippen molar-refractivity contribution < 1.29 is 21.9 Å². The molecule has 0 unspecified atom stereocenters.